The number of morpholine rings is 1. The van der Waals surface area contributed by atoms with Gasteiger partial charge in [0.15, 0.2) is 0 Å². The predicted octanol–water partition coefficient (Wildman–Crippen LogP) is 5.56. The minimum absolute atomic E-state index is 0.0503. The highest BCUT2D eigenvalue weighted by atomic mass is 16.5. The van der Waals surface area contributed by atoms with Crippen LogP contribution in [0, 0.1) is 11.3 Å². The van der Waals surface area contributed by atoms with Crippen molar-refractivity contribution in [1.29, 1.82) is 5.26 Å². The lowest BCUT2D eigenvalue weighted by Gasteiger charge is -2.25. The van der Waals surface area contributed by atoms with E-state index in [-0.39, 0.29) is 23.8 Å². The Morgan fingerprint density at radius 2 is 1.92 bits per heavy atom. The van der Waals surface area contributed by atoms with E-state index in [1.54, 1.807) is 11.0 Å². The van der Waals surface area contributed by atoms with Gasteiger partial charge in [0.05, 0.1) is 30.5 Å². The minimum Gasteiger partial charge on any atom is -0.378 e. The highest BCUT2D eigenvalue weighted by Crippen LogP contribution is 2.42. The molecular weight excluding hydrogens is 448 g/mol. The molecule has 0 spiro atoms. The summed E-state index contributed by atoms with van der Waals surface area (Å²) in [6, 6.07) is 13.3. The third-order valence-corrected chi connectivity index (χ3v) is 7.49. The van der Waals surface area contributed by atoms with Gasteiger partial charge in [-0.05, 0) is 53.5 Å². The van der Waals surface area contributed by atoms with Gasteiger partial charge in [0.25, 0.3) is 0 Å². The van der Waals surface area contributed by atoms with E-state index in [1.807, 2.05) is 6.08 Å². The van der Waals surface area contributed by atoms with E-state index in [0.29, 0.717) is 31.9 Å². The highest BCUT2D eigenvalue weighted by Gasteiger charge is 2.31. The van der Waals surface area contributed by atoms with E-state index in [0.717, 1.165) is 40.8 Å². The summed E-state index contributed by atoms with van der Waals surface area (Å²) < 4.78 is 7.64. The molecule has 5 rings (SSSR count). The summed E-state index contributed by atoms with van der Waals surface area (Å²) in [6.07, 6.45) is 5.39. The molecule has 1 atom stereocenters. The fourth-order valence-corrected chi connectivity index (χ4v) is 5.55. The van der Waals surface area contributed by atoms with Crippen LogP contribution in [0.1, 0.15) is 85.6 Å². The second kappa shape index (κ2) is 9.91. The van der Waals surface area contributed by atoms with Crippen molar-refractivity contribution in [2.75, 3.05) is 26.3 Å². The van der Waals surface area contributed by atoms with Crippen LogP contribution >= 0.6 is 0 Å². The van der Waals surface area contributed by atoms with Crippen molar-refractivity contribution in [1.82, 2.24) is 14.5 Å². The second-order valence-electron chi connectivity index (χ2n) is 10.4. The van der Waals surface area contributed by atoms with Crippen molar-refractivity contribution in [2.45, 2.75) is 58.4 Å². The molecule has 1 saturated heterocycles. The number of nitriles is 1. The number of carbonyl (C=O) groups excluding carboxylic acids is 1. The molecule has 6 nitrogen and oxygen atoms in total. The lowest BCUT2D eigenvalue weighted by molar-refractivity contribution is -0.129. The molecule has 1 unspecified atom stereocenters. The molecule has 1 fully saturated rings. The Bertz CT molecular complexity index is 1370. The molecule has 3 heterocycles. The molecule has 0 radical (unpaired) electrons. The summed E-state index contributed by atoms with van der Waals surface area (Å²) in [6.45, 7) is 10.9. The van der Waals surface area contributed by atoms with Crippen molar-refractivity contribution in [2.24, 2.45) is 0 Å². The monoisotopic (exact) mass is 482 g/mol. The summed E-state index contributed by atoms with van der Waals surface area (Å²) in [4.78, 5) is 20.0. The molecule has 0 saturated carbocycles. The van der Waals surface area contributed by atoms with E-state index in [2.05, 4.69) is 68.7 Å². The van der Waals surface area contributed by atoms with Gasteiger partial charge in [0, 0.05) is 30.2 Å². The topological polar surface area (TPSA) is 71.2 Å². The quantitative estimate of drug-likeness (QED) is 0.446. The number of rotatable bonds is 5. The number of hydrogen-bond donors (Lipinski definition) is 0. The maximum atomic E-state index is 13.0. The average Bonchev–Trinajstić information content (AvgIpc) is 3.45. The number of aryl methyl sites for hydroxylation is 1. The first-order valence-corrected chi connectivity index (χ1v) is 13.0. The van der Waals surface area contributed by atoms with E-state index in [4.69, 9.17) is 9.72 Å². The number of carbonyl (C=O) groups is 1. The number of hydrogen-bond acceptors (Lipinski definition) is 4. The van der Waals surface area contributed by atoms with Crippen molar-refractivity contribution in [3.05, 3.63) is 70.0 Å². The first kappa shape index (κ1) is 24.3. The number of amides is 1. The Morgan fingerprint density at radius 3 is 2.61 bits per heavy atom. The molecular formula is C30H34N4O2. The zero-order valence-corrected chi connectivity index (χ0v) is 21.6. The molecule has 3 aromatic rings. The standard InChI is InChI=1S/C30H34N4O2/c1-19(2)23-17-25(20(3)4)32-30-29(23)24(18-31)27(11-12-28(35)33-13-15-36-16-14-33)34(30)26-10-9-21-7-5-6-8-22(21)26/h5-8,11-12,17,19-20,26H,9-10,13-16H2,1-4H3/b12-11+. The van der Waals surface area contributed by atoms with E-state index < -0.39 is 0 Å². The molecule has 0 bridgehead atoms. The first-order chi connectivity index (χ1) is 17.4. The molecule has 1 amide bonds. The van der Waals surface area contributed by atoms with Gasteiger partial charge in [-0.25, -0.2) is 4.98 Å². The Hall–Kier alpha value is -3.43. The van der Waals surface area contributed by atoms with Crippen LogP contribution in [-0.4, -0.2) is 46.7 Å². The van der Waals surface area contributed by atoms with Gasteiger partial charge in [-0.2, -0.15) is 5.26 Å². The summed E-state index contributed by atoms with van der Waals surface area (Å²) >= 11 is 0. The van der Waals surface area contributed by atoms with Crippen LogP contribution in [0.15, 0.2) is 36.4 Å². The number of ether oxygens (including phenoxy) is 1. The Balaban J connectivity index is 1.75. The minimum atomic E-state index is -0.0503. The van der Waals surface area contributed by atoms with E-state index in [9.17, 15) is 10.1 Å². The van der Waals surface area contributed by atoms with Crippen molar-refractivity contribution < 1.29 is 9.53 Å². The van der Waals surface area contributed by atoms with E-state index in [1.165, 1.54) is 11.1 Å². The number of nitrogens with zero attached hydrogens (tertiary/aromatic N) is 4. The van der Waals surface area contributed by atoms with Crippen molar-refractivity contribution >= 4 is 23.0 Å². The molecule has 1 aromatic carbocycles. The van der Waals surface area contributed by atoms with Crippen LogP contribution in [0.2, 0.25) is 0 Å². The number of pyridine rings is 1. The Labute approximate surface area is 213 Å². The van der Waals surface area contributed by atoms with E-state index >= 15 is 0 Å². The Kier molecular flexibility index (Phi) is 6.68. The van der Waals surface area contributed by atoms with Crippen LogP contribution in [-0.2, 0) is 16.0 Å². The van der Waals surface area contributed by atoms with Crippen molar-refractivity contribution in [3.63, 3.8) is 0 Å². The fraction of sp³-hybridized carbons (Fsp3) is 0.433. The third-order valence-electron chi connectivity index (χ3n) is 7.49. The van der Waals surface area contributed by atoms with Gasteiger partial charge >= 0.3 is 0 Å². The van der Waals surface area contributed by atoms with Gasteiger partial charge in [0.2, 0.25) is 5.91 Å². The SMILES string of the molecule is CC(C)c1cc(C(C)C)c2c(C#N)c(/C=C/C(=O)N3CCOCC3)n(C3CCc4ccccc43)c2n1. The molecule has 6 heteroatoms. The average molecular weight is 483 g/mol. The van der Waals surface area contributed by atoms with Crippen LogP contribution in [0.5, 0.6) is 0 Å². The smallest absolute Gasteiger partial charge is 0.246 e. The van der Waals surface area contributed by atoms with Gasteiger partial charge in [-0.3, -0.25) is 4.79 Å². The number of aromatic nitrogens is 2. The first-order valence-electron chi connectivity index (χ1n) is 13.0. The zero-order chi connectivity index (χ0) is 25.4. The molecule has 186 valence electrons. The molecule has 36 heavy (non-hydrogen) atoms. The van der Waals surface area contributed by atoms with Crippen LogP contribution in [0.3, 0.4) is 0 Å². The lowest BCUT2D eigenvalue weighted by Crippen LogP contribution is -2.39. The third kappa shape index (κ3) is 4.22. The van der Waals surface area contributed by atoms with Gasteiger partial charge in [0.1, 0.15) is 11.7 Å². The van der Waals surface area contributed by atoms with Crippen LogP contribution < -0.4 is 0 Å². The van der Waals surface area contributed by atoms with Crippen molar-refractivity contribution in [3.8, 4) is 6.07 Å². The normalized spacial score (nSPS) is 17.9. The summed E-state index contributed by atoms with van der Waals surface area (Å²) in [5, 5.41) is 11.3. The zero-order valence-electron chi connectivity index (χ0n) is 21.6. The van der Waals surface area contributed by atoms with Gasteiger partial charge < -0.3 is 14.2 Å². The maximum Gasteiger partial charge on any atom is 0.246 e. The second-order valence-corrected chi connectivity index (χ2v) is 10.4. The number of fused-ring (bicyclic) bond motifs is 2. The number of benzene rings is 1. The predicted molar refractivity (Wildman–Crippen MR) is 142 cm³/mol. The summed E-state index contributed by atoms with van der Waals surface area (Å²) in [5.74, 6) is 0.447. The molecule has 2 aromatic heterocycles. The van der Waals surface area contributed by atoms with Crippen LogP contribution in [0.25, 0.3) is 17.1 Å². The summed E-state index contributed by atoms with van der Waals surface area (Å²) in [7, 11) is 0. The lowest BCUT2D eigenvalue weighted by atomic mass is 9.95. The molecule has 0 N–H and O–H groups in total. The molecule has 1 aliphatic carbocycles. The van der Waals surface area contributed by atoms with Gasteiger partial charge in [-0.15, -0.1) is 0 Å². The maximum absolute atomic E-state index is 13.0. The molecule has 1 aliphatic heterocycles. The highest BCUT2D eigenvalue weighted by molar-refractivity contribution is 5.96. The fourth-order valence-electron chi connectivity index (χ4n) is 5.55. The van der Waals surface area contributed by atoms with Crippen LogP contribution in [0.4, 0.5) is 0 Å². The van der Waals surface area contributed by atoms with Gasteiger partial charge in [-0.1, -0.05) is 52.0 Å². The summed E-state index contributed by atoms with van der Waals surface area (Å²) in [5.41, 5.74) is 7.00. The largest absolute Gasteiger partial charge is 0.378 e. The molecule has 2 aliphatic rings. The Morgan fingerprint density at radius 1 is 1.17 bits per heavy atom.